The summed E-state index contributed by atoms with van der Waals surface area (Å²) in [6.45, 7) is 5.53. The van der Waals surface area contributed by atoms with Crippen molar-refractivity contribution in [1.29, 1.82) is 0 Å². The van der Waals surface area contributed by atoms with Gasteiger partial charge in [0.25, 0.3) is 5.91 Å². The zero-order valence-electron chi connectivity index (χ0n) is 16.5. The van der Waals surface area contributed by atoms with E-state index in [2.05, 4.69) is 13.8 Å². The normalized spacial score (nSPS) is 15.6. The van der Waals surface area contributed by atoms with E-state index >= 15 is 0 Å². The Morgan fingerprint density at radius 1 is 0.929 bits per heavy atom. The number of ether oxygens (including phenoxy) is 1. The van der Waals surface area contributed by atoms with Crippen LogP contribution in [0.3, 0.4) is 0 Å². The van der Waals surface area contributed by atoms with Crippen molar-refractivity contribution < 1.29 is 17.9 Å². The van der Waals surface area contributed by atoms with Crippen molar-refractivity contribution in [1.82, 2.24) is 9.21 Å². The maximum Gasteiger partial charge on any atom is 0.253 e. The van der Waals surface area contributed by atoms with E-state index in [0.717, 1.165) is 0 Å². The van der Waals surface area contributed by atoms with Gasteiger partial charge in [-0.1, -0.05) is 26.0 Å². The van der Waals surface area contributed by atoms with Crippen LogP contribution >= 0.6 is 0 Å². The molecule has 1 fully saturated rings. The van der Waals surface area contributed by atoms with Crippen molar-refractivity contribution in [2.24, 2.45) is 0 Å². The second kappa shape index (κ2) is 8.32. The average Bonchev–Trinajstić information content (AvgIpc) is 2.73. The highest BCUT2D eigenvalue weighted by Crippen LogP contribution is 2.21. The third-order valence-electron chi connectivity index (χ3n) is 5.05. The zero-order valence-corrected chi connectivity index (χ0v) is 17.3. The van der Waals surface area contributed by atoms with Crippen LogP contribution in [0.4, 0.5) is 0 Å². The molecule has 1 saturated heterocycles. The number of nitrogens with zero attached hydrogens (tertiary/aromatic N) is 2. The minimum atomic E-state index is -3.58. The Bertz CT molecular complexity index is 914. The Kier molecular flexibility index (Phi) is 6.05. The van der Waals surface area contributed by atoms with Gasteiger partial charge < -0.3 is 9.64 Å². The van der Waals surface area contributed by atoms with Gasteiger partial charge in [-0.2, -0.15) is 4.31 Å². The van der Waals surface area contributed by atoms with E-state index in [-0.39, 0.29) is 23.9 Å². The molecule has 1 aliphatic rings. The van der Waals surface area contributed by atoms with Gasteiger partial charge in [0.05, 0.1) is 12.0 Å². The standard InChI is InChI=1S/C21H26N2O4S/c1-16(2)17-4-6-18(7-5-17)21(24)22-12-14-23(15-13-22)28(25,26)20-10-8-19(27-3)9-11-20/h4-11,16H,12-15H2,1-3H3. The fraction of sp³-hybridized carbons (Fsp3) is 0.381. The molecule has 0 radical (unpaired) electrons. The van der Waals surface area contributed by atoms with Crippen LogP contribution in [-0.2, 0) is 10.0 Å². The molecular weight excluding hydrogens is 376 g/mol. The number of amides is 1. The Labute approximate surface area is 166 Å². The Balaban J connectivity index is 1.65. The van der Waals surface area contributed by atoms with Crippen LogP contribution in [0.25, 0.3) is 0 Å². The average molecular weight is 403 g/mol. The van der Waals surface area contributed by atoms with Gasteiger partial charge in [0.15, 0.2) is 0 Å². The Morgan fingerprint density at radius 3 is 2.00 bits per heavy atom. The maximum atomic E-state index is 12.8. The number of carbonyl (C=O) groups excluding carboxylic acids is 1. The molecule has 0 N–H and O–H groups in total. The van der Waals surface area contributed by atoms with Crippen molar-refractivity contribution >= 4 is 15.9 Å². The van der Waals surface area contributed by atoms with E-state index in [0.29, 0.717) is 30.3 Å². The van der Waals surface area contributed by atoms with Gasteiger partial charge in [-0.3, -0.25) is 4.79 Å². The first kappa shape index (κ1) is 20.4. The first-order chi connectivity index (χ1) is 13.3. The van der Waals surface area contributed by atoms with Crippen LogP contribution in [0.2, 0.25) is 0 Å². The maximum absolute atomic E-state index is 12.8. The summed E-state index contributed by atoms with van der Waals surface area (Å²) >= 11 is 0. The fourth-order valence-corrected chi connectivity index (χ4v) is 4.64. The summed E-state index contributed by atoms with van der Waals surface area (Å²) in [7, 11) is -2.04. The minimum Gasteiger partial charge on any atom is -0.497 e. The largest absolute Gasteiger partial charge is 0.497 e. The third kappa shape index (κ3) is 4.20. The third-order valence-corrected chi connectivity index (χ3v) is 6.96. The first-order valence-corrected chi connectivity index (χ1v) is 10.8. The topological polar surface area (TPSA) is 66.9 Å². The molecule has 1 aliphatic heterocycles. The zero-order chi connectivity index (χ0) is 20.3. The molecule has 150 valence electrons. The highest BCUT2D eigenvalue weighted by Gasteiger charge is 2.30. The van der Waals surface area contributed by atoms with Gasteiger partial charge in [0.1, 0.15) is 5.75 Å². The number of hydrogen-bond acceptors (Lipinski definition) is 4. The van der Waals surface area contributed by atoms with Crippen molar-refractivity contribution in [3.05, 3.63) is 59.7 Å². The highest BCUT2D eigenvalue weighted by molar-refractivity contribution is 7.89. The summed E-state index contributed by atoms with van der Waals surface area (Å²) in [4.78, 5) is 14.7. The lowest BCUT2D eigenvalue weighted by Gasteiger charge is -2.34. The van der Waals surface area contributed by atoms with Gasteiger partial charge in [-0.05, 0) is 47.9 Å². The molecular formula is C21H26N2O4S. The molecule has 0 saturated carbocycles. The predicted octanol–water partition coefficient (Wildman–Crippen LogP) is 2.97. The smallest absolute Gasteiger partial charge is 0.253 e. The second-order valence-corrected chi connectivity index (χ2v) is 9.09. The number of methoxy groups -OCH3 is 1. The van der Waals surface area contributed by atoms with Gasteiger partial charge in [0, 0.05) is 31.7 Å². The number of benzene rings is 2. The van der Waals surface area contributed by atoms with E-state index in [1.54, 1.807) is 29.2 Å². The van der Waals surface area contributed by atoms with Crippen LogP contribution in [0.5, 0.6) is 5.75 Å². The monoisotopic (exact) mass is 402 g/mol. The number of carbonyl (C=O) groups is 1. The first-order valence-electron chi connectivity index (χ1n) is 9.36. The van der Waals surface area contributed by atoms with E-state index in [1.165, 1.54) is 17.0 Å². The molecule has 0 atom stereocenters. The Hall–Kier alpha value is -2.38. The molecule has 1 amide bonds. The molecule has 1 heterocycles. The van der Waals surface area contributed by atoms with Gasteiger partial charge in [0.2, 0.25) is 10.0 Å². The van der Waals surface area contributed by atoms with Crippen LogP contribution in [0.1, 0.15) is 35.7 Å². The summed E-state index contributed by atoms with van der Waals surface area (Å²) in [5.74, 6) is 0.963. The molecule has 0 unspecified atom stereocenters. The summed E-state index contributed by atoms with van der Waals surface area (Å²) in [6, 6.07) is 14.0. The molecule has 0 bridgehead atoms. The summed E-state index contributed by atoms with van der Waals surface area (Å²) in [5.41, 5.74) is 1.82. The molecule has 6 nitrogen and oxygen atoms in total. The van der Waals surface area contributed by atoms with Gasteiger partial charge in [-0.25, -0.2) is 8.42 Å². The van der Waals surface area contributed by atoms with Gasteiger partial charge in [-0.15, -0.1) is 0 Å². The fourth-order valence-electron chi connectivity index (χ4n) is 3.22. The molecule has 3 rings (SSSR count). The predicted molar refractivity (Wildman–Crippen MR) is 108 cm³/mol. The molecule has 0 spiro atoms. The summed E-state index contributed by atoms with van der Waals surface area (Å²) < 4.78 is 32.1. The molecule has 0 aliphatic carbocycles. The van der Waals surface area contributed by atoms with Crippen LogP contribution < -0.4 is 4.74 Å². The summed E-state index contributed by atoms with van der Waals surface area (Å²) in [5, 5.41) is 0. The van der Waals surface area contributed by atoms with Crippen molar-refractivity contribution in [2.75, 3.05) is 33.3 Å². The molecule has 2 aromatic carbocycles. The van der Waals surface area contributed by atoms with Crippen LogP contribution in [0, 0.1) is 0 Å². The van der Waals surface area contributed by atoms with E-state index in [1.807, 2.05) is 24.3 Å². The summed E-state index contributed by atoms with van der Waals surface area (Å²) in [6.07, 6.45) is 0. The second-order valence-electron chi connectivity index (χ2n) is 7.15. The van der Waals surface area contributed by atoms with E-state index < -0.39 is 10.0 Å². The number of hydrogen-bond donors (Lipinski definition) is 0. The lowest BCUT2D eigenvalue weighted by Crippen LogP contribution is -2.50. The lowest BCUT2D eigenvalue weighted by atomic mass is 10.0. The Morgan fingerprint density at radius 2 is 1.50 bits per heavy atom. The van der Waals surface area contributed by atoms with Gasteiger partial charge >= 0.3 is 0 Å². The number of sulfonamides is 1. The van der Waals surface area contributed by atoms with Crippen molar-refractivity contribution in [3.63, 3.8) is 0 Å². The SMILES string of the molecule is COc1ccc(S(=O)(=O)N2CCN(C(=O)c3ccc(C(C)C)cc3)CC2)cc1. The quantitative estimate of drug-likeness (QED) is 0.771. The number of rotatable bonds is 5. The number of piperazine rings is 1. The van der Waals surface area contributed by atoms with Crippen molar-refractivity contribution in [2.45, 2.75) is 24.7 Å². The minimum absolute atomic E-state index is 0.0585. The molecule has 0 aromatic heterocycles. The molecule has 2 aromatic rings. The molecule has 28 heavy (non-hydrogen) atoms. The van der Waals surface area contributed by atoms with E-state index in [9.17, 15) is 13.2 Å². The van der Waals surface area contributed by atoms with Crippen molar-refractivity contribution in [3.8, 4) is 5.75 Å². The van der Waals surface area contributed by atoms with Crippen LogP contribution in [-0.4, -0.2) is 56.8 Å². The highest BCUT2D eigenvalue weighted by atomic mass is 32.2. The van der Waals surface area contributed by atoms with E-state index in [4.69, 9.17) is 4.74 Å². The van der Waals surface area contributed by atoms with Crippen LogP contribution in [0.15, 0.2) is 53.4 Å². The molecule has 7 heteroatoms. The lowest BCUT2D eigenvalue weighted by molar-refractivity contribution is 0.0698.